The van der Waals surface area contributed by atoms with Gasteiger partial charge in [-0.2, -0.15) is 0 Å². The Morgan fingerprint density at radius 3 is 2.73 bits per heavy atom. The number of amides is 2. The van der Waals surface area contributed by atoms with Crippen LogP contribution in [0.5, 0.6) is 5.75 Å². The number of rotatable bonds is 5. The van der Waals surface area contributed by atoms with E-state index in [0.717, 1.165) is 44.4 Å². The molecule has 0 saturated carbocycles. The molecule has 0 N–H and O–H groups in total. The van der Waals surface area contributed by atoms with Crippen LogP contribution in [0.15, 0.2) is 24.3 Å². The molecular weight excluding hydrogens is 352 g/mol. The number of likely N-dealkylation sites (tertiary alicyclic amines) is 2. The standard InChI is InChI=1S/C20H27ClN2O3/c21-16-5-4-6-18(15-16)26-17-8-12-23(13-9-17)20(25)10-14-22-11-3-1-2-7-19(22)24/h4-6,15,17H,1-3,7-14H2. The molecule has 1 aromatic carbocycles. The van der Waals surface area contributed by atoms with Gasteiger partial charge in [-0.25, -0.2) is 0 Å². The Kier molecular flexibility index (Phi) is 6.78. The molecule has 0 atom stereocenters. The van der Waals surface area contributed by atoms with Crippen LogP contribution in [0.4, 0.5) is 0 Å². The lowest BCUT2D eigenvalue weighted by Gasteiger charge is -2.33. The van der Waals surface area contributed by atoms with Crippen molar-refractivity contribution >= 4 is 23.4 Å². The first-order valence-corrected chi connectivity index (χ1v) is 9.97. The van der Waals surface area contributed by atoms with Crippen molar-refractivity contribution in [2.75, 3.05) is 26.2 Å². The molecule has 2 fully saturated rings. The van der Waals surface area contributed by atoms with Crippen LogP contribution in [0.25, 0.3) is 0 Å². The van der Waals surface area contributed by atoms with E-state index in [0.29, 0.717) is 37.5 Å². The van der Waals surface area contributed by atoms with Crippen molar-refractivity contribution in [2.24, 2.45) is 0 Å². The SMILES string of the molecule is O=C1CCCCCN1CCC(=O)N1CCC(Oc2cccc(Cl)c2)CC1. The summed E-state index contributed by atoms with van der Waals surface area (Å²) in [7, 11) is 0. The Morgan fingerprint density at radius 1 is 1.15 bits per heavy atom. The summed E-state index contributed by atoms with van der Waals surface area (Å²) in [6.07, 6.45) is 5.93. The molecule has 2 aliphatic heterocycles. The summed E-state index contributed by atoms with van der Waals surface area (Å²) in [4.78, 5) is 28.3. The predicted molar refractivity (Wildman–Crippen MR) is 101 cm³/mol. The van der Waals surface area contributed by atoms with Gasteiger partial charge >= 0.3 is 0 Å². The van der Waals surface area contributed by atoms with Gasteiger partial charge in [0.05, 0.1) is 0 Å². The third-order valence-electron chi connectivity index (χ3n) is 5.16. The second-order valence-electron chi connectivity index (χ2n) is 7.10. The van der Waals surface area contributed by atoms with E-state index in [1.54, 1.807) is 0 Å². The summed E-state index contributed by atoms with van der Waals surface area (Å²) < 4.78 is 5.97. The van der Waals surface area contributed by atoms with Crippen LogP contribution in [0.3, 0.4) is 0 Å². The van der Waals surface area contributed by atoms with Gasteiger partial charge in [-0.1, -0.05) is 24.1 Å². The molecule has 0 spiro atoms. The molecule has 26 heavy (non-hydrogen) atoms. The summed E-state index contributed by atoms with van der Waals surface area (Å²) in [6.45, 7) is 2.76. The van der Waals surface area contributed by atoms with Crippen molar-refractivity contribution in [2.45, 2.75) is 51.0 Å². The Bertz CT molecular complexity index is 629. The molecule has 142 valence electrons. The van der Waals surface area contributed by atoms with E-state index in [1.807, 2.05) is 34.1 Å². The van der Waals surface area contributed by atoms with Gasteiger partial charge in [-0.3, -0.25) is 9.59 Å². The van der Waals surface area contributed by atoms with Crippen LogP contribution in [-0.2, 0) is 9.59 Å². The number of carbonyl (C=O) groups excluding carboxylic acids is 2. The minimum atomic E-state index is 0.115. The van der Waals surface area contributed by atoms with E-state index in [2.05, 4.69) is 0 Å². The summed E-state index contributed by atoms with van der Waals surface area (Å²) in [5.41, 5.74) is 0. The lowest BCUT2D eigenvalue weighted by atomic mass is 10.1. The molecule has 2 aliphatic rings. The lowest BCUT2D eigenvalue weighted by molar-refractivity contribution is -0.135. The fourth-order valence-corrected chi connectivity index (χ4v) is 3.80. The Balaban J connectivity index is 1.41. The van der Waals surface area contributed by atoms with Crippen molar-refractivity contribution in [1.82, 2.24) is 9.80 Å². The molecule has 6 heteroatoms. The first kappa shape index (κ1) is 19.0. The molecule has 0 bridgehead atoms. The van der Waals surface area contributed by atoms with E-state index in [9.17, 15) is 9.59 Å². The van der Waals surface area contributed by atoms with Crippen molar-refractivity contribution in [1.29, 1.82) is 0 Å². The molecule has 2 amide bonds. The number of benzene rings is 1. The molecule has 2 heterocycles. The fraction of sp³-hybridized carbons (Fsp3) is 0.600. The van der Waals surface area contributed by atoms with Crippen LogP contribution < -0.4 is 4.74 Å². The third kappa shape index (κ3) is 5.37. The molecule has 0 aromatic heterocycles. The van der Waals surface area contributed by atoms with E-state index in [4.69, 9.17) is 16.3 Å². The van der Waals surface area contributed by atoms with Gasteiger partial charge < -0.3 is 14.5 Å². The molecule has 5 nitrogen and oxygen atoms in total. The minimum Gasteiger partial charge on any atom is -0.490 e. The van der Waals surface area contributed by atoms with Crippen molar-refractivity contribution in [3.8, 4) is 5.75 Å². The zero-order chi connectivity index (χ0) is 18.4. The maximum atomic E-state index is 12.5. The number of hydrogen-bond donors (Lipinski definition) is 0. The molecule has 0 radical (unpaired) electrons. The van der Waals surface area contributed by atoms with Crippen molar-refractivity contribution in [3.05, 3.63) is 29.3 Å². The van der Waals surface area contributed by atoms with Gasteiger partial charge in [0.2, 0.25) is 11.8 Å². The average molecular weight is 379 g/mol. The van der Waals surface area contributed by atoms with Crippen LogP contribution in [0.2, 0.25) is 5.02 Å². The van der Waals surface area contributed by atoms with E-state index in [1.165, 1.54) is 0 Å². The topological polar surface area (TPSA) is 49.9 Å². The molecule has 2 saturated heterocycles. The summed E-state index contributed by atoms with van der Waals surface area (Å²) in [5.74, 6) is 1.12. The number of piperidine rings is 1. The molecule has 3 rings (SSSR count). The smallest absolute Gasteiger partial charge is 0.224 e. The van der Waals surface area contributed by atoms with Crippen molar-refractivity contribution < 1.29 is 14.3 Å². The second kappa shape index (κ2) is 9.26. The van der Waals surface area contributed by atoms with Gasteiger partial charge in [-0.05, 0) is 31.0 Å². The van der Waals surface area contributed by atoms with E-state index in [-0.39, 0.29) is 17.9 Å². The van der Waals surface area contributed by atoms with Gasteiger partial charge in [0, 0.05) is 56.9 Å². The third-order valence-corrected chi connectivity index (χ3v) is 5.40. The zero-order valence-corrected chi connectivity index (χ0v) is 15.9. The normalized spacial score (nSPS) is 19.3. The van der Waals surface area contributed by atoms with E-state index < -0.39 is 0 Å². The Labute approximate surface area is 160 Å². The maximum absolute atomic E-state index is 12.5. The van der Waals surface area contributed by atoms with Crippen molar-refractivity contribution in [3.63, 3.8) is 0 Å². The highest BCUT2D eigenvalue weighted by Gasteiger charge is 2.25. The van der Waals surface area contributed by atoms with Crippen LogP contribution in [-0.4, -0.2) is 53.9 Å². The van der Waals surface area contributed by atoms with Crippen LogP contribution >= 0.6 is 11.6 Å². The minimum absolute atomic E-state index is 0.115. The first-order valence-electron chi connectivity index (χ1n) is 9.59. The lowest BCUT2D eigenvalue weighted by Crippen LogP contribution is -2.43. The monoisotopic (exact) mass is 378 g/mol. The zero-order valence-electron chi connectivity index (χ0n) is 15.2. The summed E-state index contributed by atoms with van der Waals surface area (Å²) >= 11 is 5.99. The Hall–Kier alpha value is -1.75. The number of halogens is 1. The van der Waals surface area contributed by atoms with Crippen LogP contribution in [0, 0.1) is 0 Å². The fourth-order valence-electron chi connectivity index (χ4n) is 3.62. The largest absolute Gasteiger partial charge is 0.490 e. The summed E-state index contributed by atoms with van der Waals surface area (Å²) in [5, 5.41) is 0.665. The highest BCUT2D eigenvalue weighted by Crippen LogP contribution is 2.22. The number of ether oxygens (including phenoxy) is 1. The molecular formula is C20H27ClN2O3. The number of hydrogen-bond acceptors (Lipinski definition) is 3. The highest BCUT2D eigenvalue weighted by molar-refractivity contribution is 6.30. The number of nitrogens with zero attached hydrogens (tertiary/aromatic N) is 2. The van der Waals surface area contributed by atoms with E-state index >= 15 is 0 Å². The quantitative estimate of drug-likeness (QED) is 0.787. The van der Waals surface area contributed by atoms with Gasteiger partial charge in [-0.15, -0.1) is 0 Å². The maximum Gasteiger partial charge on any atom is 0.224 e. The number of carbonyl (C=O) groups is 2. The van der Waals surface area contributed by atoms with Gasteiger partial charge in [0.25, 0.3) is 0 Å². The highest BCUT2D eigenvalue weighted by atomic mass is 35.5. The van der Waals surface area contributed by atoms with Crippen LogP contribution in [0.1, 0.15) is 44.9 Å². The summed E-state index contributed by atoms with van der Waals surface area (Å²) in [6, 6.07) is 7.42. The average Bonchev–Trinajstić information content (AvgIpc) is 2.84. The first-order chi connectivity index (χ1) is 12.6. The van der Waals surface area contributed by atoms with Gasteiger partial charge in [0.15, 0.2) is 0 Å². The second-order valence-corrected chi connectivity index (χ2v) is 7.53. The predicted octanol–water partition coefficient (Wildman–Crippen LogP) is 3.50. The molecule has 0 aliphatic carbocycles. The van der Waals surface area contributed by atoms with Gasteiger partial charge in [0.1, 0.15) is 11.9 Å². The molecule has 0 unspecified atom stereocenters. The Morgan fingerprint density at radius 2 is 1.96 bits per heavy atom. The molecule has 1 aromatic rings.